The van der Waals surface area contributed by atoms with Gasteiger partial charge in [-0.15, -0.1) is 0 Å². The summed E-state index contributed by atoms with van der Waals surface area (Å²) in [5.74, 6) is 0.623. The van der Waals surface area contributed by atoms with Gasteiger partial charge in [-0.2, -0.15) is 0 Å². The van der Waals surface area contributed by atoms with Crippen LogP contribution in [0.15, 0.2) is 48.7 Å². The smallest absolute Gasteiger partial charge is 0.129 e. The van der Waals surface area contributed by atoms with Gasteiger partial charge in [0.1, 0.15) is 5.15 Å². The standard InChI is InChI=1S/C16H19ClN2/c1-12(2)10-15(13-6-4-3-5-7-13)19-14-8-9-16(17)18-11-14/h3-9,11-12,15,19H,10H2,1-2H3. The molecule has 1 aromatic heterocycles. The average Bonchev–Trinajstić information content (AvgIpc) is 2.41. The first-order valence-electron chi connectivity index (χ1n) is 6.58. The third-order valence-electron chi connectivity index (χ3n) is 2.98. The minimum Gasteiger partial charge on any atom is -0.377 e. The number of nitrogens with one attached hydrogen (secondary N) is 1. The molecule has 19 heavy (non-hydrogen) atoms. The number of benzene rings is 1. The van der Waals surface area contributed by atoms with Crippen LogP contribution in [0.3, 0.4) is 0 Å². The number of pyridine rings is 1. The first-order valence-corrected chi connectivity index (χ1v) is 6.96. The van der Waals surface area contributed by atoms with Crippen LogP contribution in [-0.2, 0) is 0 Å². The molecule has 0 fully saturated rings. The second-order valence-electron chi connectivity index (χ2n) is 5.11. The molecule has 1 unspecified atom stereocenters. The van der Waals surface area contributed by atoms with Gasteiger partial charge in [-0.3, -0.25) is 0 Å². The van der Waals surface area contributed by atoms with Crippen LogP contribution in [0, 0.1) is 5.92 Å². The van der Waals surface area contributed by atoms with E-state index < -0.39 is 0 Å². The van der Waals surface area contributed by atoms with E-state index in [0.29, 0.717) is 17.1 Å². The van der Waals surface area contributed by atoms with E-state index in [-0.39, 0.29) is 0 Å². The fourth-order valence-electron chi connectivity index (χ4n) is 2.10. The van der Waals surface area contributed by atoms with E-state index in [1.54, 1.807) is 12.3 Å². The van der Waals surface area contributed by atoms with Crippen LogP contribution in [0.25, 0.3) is 0 Å². The number of rotatable bonds is 5. The molecule has 1 heterocycles. The monoisotopic (exact) mass is 274 g/mol. The number of anilines is 1. The highest BCUT2D eigenvalue weighted by Gasteiger charge is 2.13. The summed E-state index contributed by atoms with van der Waals surface area (Å²) in [6.45, 7) is 4.47. The van der Waals surface area contributed by atoms with Crippen LogP contribution in [0.1, 0.15) is 31.9 Å². The minimum atomic E-state index is 0.296. The molecule has 0 aliphatic carbocycles. The minimum absolute atomic E-state index is 0.296. The highest BCUT2D eigenvalue weighted by atomic mass is 35.5. The Balaban J connectivity index is 2.16. The molecule has 0 radical (unpaired) electrons. The van der Waals surface area contributed by atoms with Crippen LogP contribution in [0.4, 0.5) is 5.69 Å². The third-order valence-corrected chi connectivity index (χ3v) is 3.20. The fraction of sp³-hybridized carbons (Fsp3) is 0.312. The average molecular weight is 275 g/mol. The molecule has 2 rings (SSSR count). The maximum absolute atomic E-state index is 5.81. The molecular formula is C16H19ClN2. The Labute approximate surface area is 119 Å². The lowest BCUT2D eigenvalue weighted by Gasteiger charge is -2.22. The molecule has 2 aromatic rings. The summed E-state index contributed by atoms with van der Waals surface area (Å²) in [5, 5.41) is 4.05. The molecular weight excluding hydrogens is 256 g/mol. The summed E-state index contributed by atoms with van der Waals surface area (Å²) < 4.78 is 0. The van der Waals surface area contributed by atoms with Crippen molar-refractivity contribution in [2.45, 2.75) is 26.3 Å². The molecule has 100 valence electrons. The quantitative estimate of drug-likeness (QED) is 0.782. The maximum Gasteiger partial charge on any atom is 0.129 e. The normalized spacial score (nSPS) is 12.4. The Hall–Kier alpha value is -1.54. The van der Waals surface area contributed by atoms with Gasteiger partial charge in [-0.05, 0) is 30.0 Å². The van der Waals surface area contributed by atoms with Gasteiger partial charge in [0, 0.05) is 0 Å². The summed E-state index contributed by atoms with van der Waals surface area (Å²) in [5.41, 5.74) is 2.30. The summed E-state index contributed by atoms with van der Waals surface area (Å²) in [4.78, 5) is 4.11. The fourth-order valence-corrected chi connectivity index (χ4v) is 2.21. The van der Waals surface area contributed by atoms with Gasteiger partial charge < -0.3 is 5.32 Å². The van der Waals surface area contributed by atoms with Gasteiger partial charge in [-0.1, -0.05) is 55.8 Å². The van der Waals surface area contributed by atoms with Gasteiger partial charge >= 0.3 is 0 Å². The predicted molar refractivity (Wildman–Crippen MR) is 81.5 cm³/mol. The van der Waals surface area contributed by atoms with Crippen LogP contribution < -0.4 is 5.32 Å². The molecule has 2 nitrogen and oxygen atoms in total. The van der Waals surface area contributed by atoms with E-state index in [0.717, 1.165) is 12.1 Å². The van der Waals surface area contributed by atoms with Crippen molar-refractivity contribution < 1.29 is 0 Å². The Morgan fingerprint density at radius 3 is 2.42 bits per heavy atom. The van der Waals surface area contributed by atoms with Crippen LogP contribution in [0.2, 0.25) is 5.15 Å². The molecule has 0 spiro atoms. The molecule has 1 atom stereocenters. The maximum atomic E-state index is 5.81. The zero-order valence-corrected chi connectivity index (χ0v) is 12.1. The highest BCUT2D eigenvalue weighted by molar-refractivity contribution is 6.29. The van der Waals surface area contributed by atoms with Crippen LogP contribution in [0.5, 0.6) is 0 Å². The van der Waals surface area contributed by atoms with Crippen molar-refractivity contribution in [1.82, 2.24) is 4.98 Å². The zero-order chi connectivity index (χ0) is 13.7. The van der Waals surface area contributed by atoms with Crippen molar-refractivity contribution >= 4 is 17.3 Å². The van der Waals surface area contributed by atoms with Crippen molar-refractivity contribution in [2.75, 3.05) is 5.32 Å². The lowest BCUT2D eigenvalue weighted by molar-refractivity contribution is 0.531. The SMILES string of the molecule is CC(C)CC(Nc1ccc(Cl)nc1)c1ccccc1. The lowest BCUT2D eigenvalue weighted by Crippen LogP contribution is -2.13. The van der Waals surface area contributed by atoms with Crippen molar-refractivity contribution in [2.24, 2.45) is 5.92 Å². The summed E-state index contributed by atoms with van der Waals surface area (Å²) in [7, 11) is 0. The van der Waals surface area contributed by atoms with E-state index in [9.17, 15) is 0 Å². The Morgan fingerprint density at radius 1 is 1.11 bits per heavy atom. The molecule has 0 saturated heterocycles. The van der Waals surface area contributed by atoms with E-state index in [2.05, 4.69) is 48.4 Å². The van der Waals surface area contributed by atoms with E-state index in [4.69, 9.17) is 11.6 Å². The molecule has 0 bridgehead atoms. The molecule has 0 aliphatic heterocycles. The van der Waals surface area contributed by atoms with Crippen LogP contribution >= 0.6 is 11.6 Å². The van der Waals surface area contributed by atoms with E-state index in [1.165, 1.54) is 5.56 Å². The lowest BCUT2D eigenvalue weighted by atomic mass is 9.97. The number of halogens is 1. The molecule has 0 aliphatic rings. The number of hydrogen-bond donors (Lipinski definition) is 1. The molecule has 3 heteroatoms. The number of hydrogen-bond acceptors (Lipinski definition) is 2. The summed E-state index contributed by atoms with van der Waals surface area (Å²) in [6.07, 6.45) is 2.85. The first-order chi connectivity index (χ1) is 9.15. The third kappa shape index (κ3) is 4.25. The van der Waals surface area contributed by atoms with E-state index >= 15 is 0 Å². The molecule has 0 amide bonds. The highest BCUT2D eigenvalue weighted by Crippen LogP contribution is 2.25. The van der Waals surface area contributed by atoms with Gasteiger partial charge in [0.05, 0.1) is 17.9 Å². The van der Waals surface area contributed by atoms with Gasteiger partial charge in [-0.25, -0.2) is 4.98 Å². The Kier molecular flexibility index (Phi) is 4.80. The van der Waals surface area contributed by atoms with Crippen LogP contribution in [-0.4, -0.2) is 4.98 Å². The summed E-state index contributed by atoms with van der Waals surface area (Å²) >= 11 is 5.81. The van der Waals surface area contributed by atoms with Crippen molar-refractivity contribution in [3.05, 3.63) is 59.4 Å². The van der Waals surface area contributed by atoms with Gasteiger partial charge in [0.2, 0.25) is 0 Å². The van der Waals surface area contributed by atoms with Crippen molar-refractivity contribution in [3.63, 3.8) is 0 Å². The molecule has 1 aromatic carbocycles. The topological polar surface area (TPSA) is 24.9 Å². The predicted octanol–water partition coefficient (Wildman–Crippen LogP) is 4.93. The van der Waals surface area contributed by atoms with Gasteiger partial charge in [0.25, 0.3) is 0 Å². The zero-order valence-electron chi connectivity index (χ0n) is 11.3. The van der Waals surface area contributed by atoms with E-state index in [1.807, 2.05) is 12.1 Å². The van der Waals surface area contributed by atoms with Gasteiger partial charge in [0.15, 0.2) is 0 Å². The van der Waals surface area contributed by atoms with Crippen molar-refractivity contribution in [3.8, 4) is 0 Å². The molecule has 0 saturated carbocycles. The first kappa shape index (κ1) is 13.9. The number of aromatic nitrogens is 1. The van der Waals surface area contributed by atoms with Crippen molar-refractivity contribution in [1.29, 1.82) is 0 Å². The summed E-state index contributed by atoms with van der Waals surface area (Å²) in [6, 6.07) is 14.6. The largest absolute Gasteiger partial charge is 0.377 e. The second kappa shape index (κ2) is 6.58. The molecule has 1 N–H and O–H groups in total. The Morgan fingerprint density at radius 2 is 1.84 bits per heavy atom. The Bertz CT molecular complexity index is 494. The second-order valence-corrected chi connectivity index (χ2v) is 5.49. The number of nitrogens with zero attached hydrogens (tertiary/aromatic N) is 1.